The first kappa shape index (κ1) is 59.9. The molecule has 5 heterocycles. The molecule has 12 rings (SSSR count). The van der Waals surface area contributed by atoms with Gasteiger partial charge in [0, 0.05) is 69.2 Å². The molecule has 0 aliphatic rings. The molecule has 396 valence electrons. The number of anilines is 3. The van der Waals surface area contributed by atoms with Gasteiger partial charge in [-0.3, -0.25) is 27.5 Å². The molecular weight excluding hydrogens is 1380 g/mol. The van der Waals surface area contributed by atoms with Gasteiger partial charge < -0.3 is 39.2 Å². The molecule has 16 heteroatoms. The summed E-state index contributed by atoms with van der Waals surface area (Å²) in [5.41, 5.74) is 8.15. The number of carbonyl (C=O) groups is 2. The average Bonchev–Trinajstić information content (AvgIpc) is 3.88. The Morgan fingerprint density at radius 1 is 0.438 bits per heavy atom. The van der Waals surface area contributed by atoms with Gasteiger partial charge in [-0.05, 0) is 84.4 Å². The van der Waals surface area contributed by atoms with Crippen molar-refractivity contribution in [2.75, 3.05) is 4.90 Å². The number of para-hydroxylation sites is 6. The van der Waals surface area contributed by atoms with Gasteiger partial charge in [-0.2, -0.15) is 12.1 Å². The van der Waals surface area contributed by atoms with Crippen LogP contribution >= 0.6 is 0 Å². The van der Waals surface area contributed by atoms with Crippen molar-refractivity contribution in [2.45, 2.75) is 0 Å². The van der Waals surface area contributed by atoms with E-state index in [1.54, 1.807) is 60.9 Å². The van der Waals surface area contributed by atoms with Gasteiger partial charge in [0.25, 0.3) is 0 Å². The van der Waals surface area contributed by atoms with Gasteiger partial charge >= 0.3 is 40.2 Å². The maximum absolute atomic E-state index is 13.2. The van der Waals surface area contributed by atoms with Crippen molar-refractivity contribution in [3.8, 4) is 28.2 Å². The molecule has 12 aromatic rings. The summed E-state index contributed by atoms with van der Waals surface area (Å²) in [7, 11) is 0. The third-order valence-corrected chi connectivity index (χ3v) is 11.1. The van der Waals surface area contributed by atoms with E-state index >= 15 is 0 Å². The maximum Gasteiger partial charge on any atom is 3.00 e. The van der Waals surface area contributed by atoms with E-state index in [1.165, 1.54) is 46.3 Å². The van der Waals surface area contributed by atoms with E-state index in [1.807, 2.05) is 0 Å². The SMILES string of the molecule is Fc1c[c-]c(-c2ccccn2)c(F)c1.Fc1c[c-]c(-c2ccccn2)c(F)c1.O=C(O)c1[c-]cccn1.O=C(O)c1[c-]cccn1.[Ir+3].[Ir+3].c1ccc(N(c2ccccc2)c2ccccc2-n2c3ccccc3c3ccccc32)cc1. The minimum absolute atomic E-state index is 0. The van der Waals surface area contributed by atoms with E-state index < -0.39 is 35.2 Å². The van der Waals surface area contributed by atoms with Crippen LogP contribution in [0.15, 0.2) is 243 Å². The zero-order chi connectivity index (χ0) is 54.6. The number of rotatable bonds is 8. The predicted molar refractivity (Wildman–Crippen MR) is 292 cm³/mol. The van der Waals surface area contributed by atoms with Gasteiger partial charge in [0.1, 0.15) is 0 Å². The van der Waals surface area contributed by atoms with Crippen molar-refractivity contribution in [2.24, 2.45) is 0 Å². The van der Waals surface area contributed by atoms with Crippen LogP contribution < -0.4 is 4.90 Å². The Labute approximate surface area is 485 Å². The average molecular weight is 1420 g/mol. The molecule has 0 fully saturated rings. The Hall–Kier alpha value is -9.30. The fourth-order valence-electron chi connectivity index (χ4n) is 7.79. The molecule has 2 N–H and O–H groups in total. The molecule has 10 nitrogen and oxygen atoms in total. The number of aromatic nitrogens is 5. The molecule has 0 radical (unpaired) electrons. The summed E-state index contributed by atoms with van der Waals surface area (Å²) >= 11 is 0. The van der Waals surface area contributed by atoms with Gasteiger partial charge in [-0.25, -0.2) is 0 Å². The van der Waals surface area contributed by atoms with Crippen LogP contribution in [-0.2, 0) is 40.2 Å². The van der Waals surface area contributed by atoms with Gasteiger partial charge in [-0.1, -0.05) is 132 Å². The fraction of sp³-hybridized carbons (Fsp3) is 0. The standard InChI is InChI=1S/C30H22N2.2C11H6F2N.2C6H4NO2.2Ir/c1-3-13-23(14-4-1)31(24-15-5-2-6-16-24)29-21-11-12-22-30(29)32-27-19-9-7-17-25(27)26-18-8-10-20-28(26)32;2*12-8-4-5-9(10(13)7-8)11-3-1-2-6-14-11;2*8-6(9)5-3-1-2-4-7-5;;/h1-22H;2*1-4,6-7H;2*1-2,4H,(H,8,9);;/q;4*-1;2*+3. The number of aromatic carboxylic acids is 2. The van der Waals surface area contributed by atoms with Crippen LogP contribution in [0.4, 0.5) is 34.6 Å². The van der Waals surface area contributed by atoms with Gasteiger partial charge in [0.05, 0.1) is 22.4 Å². The van der Waals surface area contributed by atoms with Crippen LogP contribution in [0.2, 0.25) is 0 Å². The number of fused-ring (bicyclic) bond motifs is 3. The molecule has 7 aromatic carbocycles. The van der Waals surface area contributed by atoms with Crippen molar-refractivity contribution >= 4 is 50.8 Å². The molecular formula is C64H42F4Ir2N6O4+2. The summed E-state index contributed by atoms with van der Waals surface area (Å²) in [6.07, 6.45) is 5.93. The molecule has 0 atom stereocenters. The number of pyridine rings is 4. The predicted octanol–water partition coefficient (Wildman–Crippen LogP) is 15.1. The minimum atomic E-state index is -1.05. The molecule has 0 aliphatic heterocycles. The van der Waals surface area contributed by atoms with E-state index in [-0.39, 0.29) is 62.7 Å². The van der Waals surface area contributed by atoms with Crippen LogP contribution in [0, 0.1) is 47.5 Å². The first-order chi connectivity index (χ1) is 38.1. The topological polar surface area (TPSA) is 134 Å². The number of benzene rings is 7. The summed E-state index contributed by atoms with van der Waals surface area (Å²) < 4.78 is 54.0. The summed E-state index contributed by atoms with van der Waals surface area (Å²) in [6.45, 7) is 0. The molecule has 0 saturated carbocycles. The van der Waals surface area contributed by atoms with Crippen LogP contribution in [-0.4, -0.2) is 46.7 Å². The Kier molecular flexibility index (Phi) is 22.5. The van der Waals surface area contributed by atoms with Crippen LogP contribution in [0.5, 0.6) is 0 Å². The number of halogens is 4. The second kappa shape index (κ2) is 30.0. The summed E-state index contributed by atoms with van der Waals surface area (Å²) in [5.74, 6) is -4.66. The first-order valence-electron chi connectivity index (χ1n) is 23.7. The monoisotopic (exact) mass is 1420 g/mol. The minimum Gasteiger partial charge on any atom is -0.533 e. The molecule has 0 aliphatic carbocycles. The van der Waals surface area contributed by atoms with E-state index in [0.29, 0.717) is 11.4 Å². The second-order valence-corrected chi connectivity index (χ2v) is 16.2. The molecule has 5 aromatic heterocycles. The van der Waals surface area contributed by atoms with Crippen molar-refractivity contribution in [1.82, 2.24) is 24.5 Å². The van der Waals surface area contributed by atoms with Gasteiger partial charge in [-0.15, -0.1) is 48.5 Å². The van der Waals surface area contributed by atoms with Crippen molar-refractivity contribution in [3.05, 3.63) is 302 Å². The number of nitrogens with zero attached hydrogens (tertiary/aromatic N) is 6. The van der Waals surface area contributed by atoms with E-state index in [4.69, 9.17) is 10.2 Å². The summed E-state index contributed by atoms with van der Waals surface area (Å²) in [4.78, 5) is 37.5. The molecule has 0 amide bonds. The summed E-state index contributed by atoms with van der Waals surface area (Å²) in [6, 6.07) is 77.3. The van der Waals surface area contributed by atoms with Crippen molar-refractivity contribution in [1.29, 1.82) is 0 Å². The Morgan fingerprint density at radius 3 is 1.20 bits per heavy atom. The third kappa shape index (κ3) is 15.7. The molecule has 80 heavy (non-hydrogen) atoms. The smallest absolute Gasteiger partial charge is 0.533 e. The molecule has 0 bridgehead atoms. The van der Waals surface area contributed by atoms with Crippen LogP contribution in [0.1, 0.15) is 21.0 Å². The largest absolute Gasteiger partial charge is 3.00 e. The number of hydrogen-bond donors (Lipinski definition) is 2. The molecule has 0 saturated heterocycles. The van der Waals surface area contributed by atoms with Crippen molar-refractivity contribution < 1.29 is 77.6 Å². The van der Waals surface area contributed by atoms with Crippen molar-refractivity contribution in [3.63, 3.8) is 0 Å². The van der Waals surface area contributed by atoms with Crippen LogP contribution in [0.3, 0.4) is 0 Å². The normalized spacial score (nSPS) is 10.0. The number of carboxylic acids is 2. The van der Waals surface area contributed by atoms with E-state index in [2.05, 4.69) is 187 Å². The fourth-order valence-corrected chi connectivity index (χ4v) is 7.79. The molecule has 0 spiro atoms. The quantitative estimate of drug-likeness (QED) is 0.113. The molecule has 0 unspecified atom stereocenters. The Morgan fingerprint density at radius 2 is 0.825 bits per heavy atom. The van der Waals surface area contributed by atoms with Crippen LogP contribution in [0.25, 0.3) is 50.0 Å². The number of hydrogen-bond acceptors (Lipinski definition) is 7. The Balaban J connectivity index is 0.000000180. The van der Waals surface area contributed by atoms with E-state index in [9.17, 15) is 27.2 Å². The number of carboxylic acid groups (broad SMARTS) is 2. The zero-order valence-corrected chi connectivity index (χ0v) is 46.5. The maximum atomic E-state index is 13.2. The first-order valence-corrected chi connectivity index (χ1v) is 23.7. The van der Waals surface area contributed by atoms with E-state index in [0.717, 1.165) is 47.0 Å². The van der Waals surface area contributed by atoms with Gasteiger partial charge in [0.15, 0.2) is 0 Å². The Bertz CT molecular complexity index is 3650. The summed E-state index contributed by atoms with van der Waals surface area (Å²) in [5, 5.41) is 19.1. The second-order valence-electron chi connectivity index (χ2n) is 16.2. The third-order valence-electron chi connectivity index (χ3n) is 11.1. The zero-order valence-electron chi connectivity index (χ0n) is 41.7. The van der Waals surface area contributed by atoms with Gasteiger partial charge in [0.2, 0.25) is 11.9 Å².